The van der Waals surface area contributed by atoms with Crippen LogP contribution in [0.3, 0.4) is 0 Å². The maximum absolute atomic E-state index is 5.61. The van der Waals surface area contributed by atoms with Crippen LogP contribution in [-0.4, -0.2) is 66.1 Å². The Morgan fingerprint density at radius 3 is 2.67 bits per heavy atom. The van der Waals surface area contributed by atoms with Crippen LogP contribution < -0.4 is 10.5 Å². The van der Waals surface area contributed by atoms with Gasteiger partial charge in [-0.3, -0.25) is 4.90 Å². The van der Waals surface area contributed by atoms with E-state index in [9.17, 15) is 0 Å². The van der Waals surface area contributed by atoms with Crippen molar-refractivity contribution in [3.63, 3.8) is 0 Å². The number of rotatable bonds is 4. The molecule has 0 atom stereocenters. The molecule has 2 N–H and O–H groups in total. The molecule has 0 saturated carbocycles. The van der Waals surface area contributed by atoms with Gasteiger partial charge in [0.05, 0.1) is 0 Å². The average molecular weight is 251 g/mol. The predicted octanol–water partition coefficient (Wildman–Crippen LogP) is -0.00658. The summed E-state index contributed by atoms with van der Waals surface area (Å²) in [5.74, 6) is 0.832. The summed E-state index contributed by atoms with van der Waals surface area (Å²) in [5, 5.41) is 0. The third-order valence-electron chi connectivity index (χ3n) is 3.10. The zero-order chi connectivity index (χ0) is 13.0. The number of aryl methyl sites for hydroxylation is 1. The molecule has 1 aromatic heterocycles. The van der Waals surface area contributed by atoms with Crippen LogP contribution in [0.4, 0.5) is 5.95 Å². The summed E-state index contributed by atoms with van der Waals surface area (Å²) in [6.45, 7) is 7.90. The van der Waals surface area contributed by atoms with Crippen molar-refractivity contribution in [3.05, 3.63) is 11.8 Å². The highest BCUT2D eigenvalue weighted by atomic mass is 16.5. The van der Waals surface area contributed by atoms with Crippen LogP contribution in [0.2, 0.25) is 0 Å². The molecule has 1 fully saturated rings. The Bertz CT molecular complexity index is 370. The summed E-state index contributed by atoms with van der Waals surface area (Å²) in [6.07, 6.45) is 0. The number of nitrogen functional groups attached to an aromatic ring is 1. The number of ether oxygens (including phenoxy) is 1. The summed E-state index contributed by atoms with van der Waals surface area (Å²) >= 11 is 0. The molecule has 1 saturated heterocycles. The Kier molecular flexibility index (Phi) is 4.33. The van der Waals surface area contributed by atoms with Crippen molar-refractivity contribution < 1.29 is 4.74 Å². The number of likely N-dealkylation sites (N-methyl/N-ethyl adjacent to an activating group) is 1. The number of piperazine rings is 1. The molecule has 0 radical (unpaired) electrons. The van der Waals surface area contributed by atoms with E-state index in [4.69, 9.17) is 10.5 Å². The van der Waals surface area contributed by atoms with Gasteiger partial charge in [-0.1, -0.05) is 0 Å². The molecule has 100 valence electrons. The van der Waals surface area contributed by atoms with Gasteiger partial charge in [-0.15, -0.1) is 0 Å². The van der Waals surface area contributed by atoms with Crippen molar-refractivity contribution in [2.45, 2.75) is 6.92 Å². The Morgan fingerprint density at radius 1 is 1.28 bits per heavy atom. The maximum atomic E-state index is 5.61. The van der Waals surface area contributed by atoms with E-state index in [1.165, 1.54) is 0 Å². The Labute approximate surface area is 108 Å². The van der Waals surface area contributed by atoms with Crippen molar-refractivity contribution in [2.75, 3.05) is 52.1 Å². The molecule has 0 unspecified atom stereocenters. The van der Waals surface area contributed by atoms with Gasteiger partial charge in [0.15, 0.2) is 0 Å². The van der Waals surface area contributed by atoms with Crippen LogP contribution in [0.5, 0.6) is 5.88 Å². The first-order valence-corrected chi connectivity index (χ1v) is 6.28. The van der Waals surface area contributed by atoms with Crippen molar-refractivity contribution in [2.24, 2.45) is 0 Å². The van der Waals surface area contributed by atoms with Gasteiger partial charge < -0.3 is 15.4 Å². The minimum Gasteiger partial charge on any atom is -0.476 e. The van der Waals surface area contributed by atoms with Crippen molar-refractivity contribution >= 4 is 5.95 Å². The van der Waals surface area contributed by atoms with Gasteiger partial charge in [-0.25, -0.2) is 4.98 Å². The Hall–Kier alpha value is -1.40. The molecule has 0 aliphatic carbocycles. The fourth-order valence-corrected chi connectivity index (χ4v) is 1.99. The first-order valence-electron chi connectivity index (χ1n) is 6.28. The zero-order valence-electron chi connectivity index (χ0n) is 11.1. The molecule has 18 heavy (non-hydrogen) atoms. The lowest BCUT2D eigenvalue weighted by molar-refractivity contribution is 0.132. The normalized spacial score (nSPS) is 17.9. The van der Waals surface area contributed by atoms with Gasteiger partial charge in [0, 0.05) is 44.5 Å². The molecular weight excluding hydrogens is 230 g/mol. The lowest BCUT2D eigenvalue weighted by Gasteiger charge is -2.32. The minimum atomic E-state index is 0.268. The Balaban J connectivity index is 1.74. The average Bonchev–Trinajstić information content (AvgIpc) is 2.30. The van der Waals surface area contributed by atoms with Crippen LogP contribution >= 0.6 is 0 Å². The highest BCUT2D eigenvalue weighted by Gasteiger charge is 2.13. The van der Waals surface area contributed by atoms with E-state index in [0.717, 1.165) is 38.4 Å². The second-order valence-corrected chi connectivity index (χ2v) is 4.70. The largest absolute Gasteiger partial charge is 0.476 e. The monoisotopic (exact) mass is 251 g/mol. The number of hydrogen-bond donors (Lipinski definition) is 1. The fraction of sp³-hybridized carbons (Fsp3) is 0.667. The van der Waals surface area contributed by atoms with Crippen LogP contribution in [0, 0.1) is 6.92 Å². The summed E-state index contributed by atoms with van der Waals surface area (Å²) < 4.78 is 5.61. The SMILES string of the molecule is Cc1cc(OCCN2CCN(C)CC2)nc(N)n1. The number of aromatic nitrogens is 2. The van der Waals surface area contributed by atoms with E-state index in [2.05, 4.69) is 26.8 Å². The van der Waals surface area contributed by atoms with Crippen LogP contribution in [0.15, 0.2) is 6.07 Å². The molecule has 0 amide bonds. The second kappa shape index (κ2) is 5.97. The molecule has 0 bridgehead atoms. The van der Waals surface area contributed by atoms with E-state index < -0.39 is 0 Å². The molecule has 1 aromatic rings. The highest BCUT2D eigenvalue weighted by Crippen LogP contribution is 2.09. The van der Waals surface area contributed by atoms with Crippen LogP contribution in [0.25, 0.3) is 0 Å². The van der Waals surface area contributed by atoms with Gasteiger partial charge in [-0.05, 0) is 14.0 Å². The lowest BCUT2D eigenvalue weighted by atomic mass is 10.3. The summed E-state index contributed by atoms with van der Waals surface area (Å²) in [4.78, 5) is 12.8. The van der Waals surface area contributed by atoms with Crippen molar-refractivity contribution in [3.8, 4) is 5.88 Å². The first kappa shape index (κ1) is 13.0. The molecule has 0 spiro atoms. The fourth-order valence-electron chi connectivity index (χ4n) is 1.99. The van der Waals surface area contributed by atoms with Gasteiger partial charge in [0.2, 0.25) is 11.8 Å². The number of nitrogens with two attached hydrogens (primary N) is 1. The topological polar surface area (TPSA) is 67.5 Å². The summed E-state index contributed by atoms with van der Waals surface area (Å²) in [7, 11) is 2.15. The molecule has 6 heteroatoms. The number of nitrogens with zero attached hydrogens (tertiary/aromatic N) is 4. The molecule has 2 rings (SSSR count). The second-order valence-electron chi connectivity index (χ2n) is 4.70. The van der Waals surface area contributed by atoms with Gasteiger partial charge in [0.25, 0.3) is 0 Å². The van der Waals surface area contributed by atoms with E-state index in [0.29, 0.717) is 12.5 Å². The van der Waals surface area contributed by atoms with E-state index in [-0.39, 0.29) is 5.95 Å². The van der Waals surface area contributed by atoms with Crippen molar-refractivity contribution in [1.29, 1.82) is 0 Å². The number of anilines is 1. The molecule has 0 aromatic carbocycles. The zero-order valence-corrected chi connectivity index (χ0v) is 11.1. The lowest BCUT2D eigenvalue weighted by Crippen LogP contribution is -2.45. The van der Waals surface area contributed by atoms with E-state index >= 15 is 0 Å². The van der Waals surface area contributed by atoms with Gasteiger partial charge in [-0.2, -0.15) is 4.98 Å². The molecule has 1 aliphatic rings. The standard InChI is InChI=1S/C12H21N5O/c1-10-9-11(15-12(13)14-10)18-8-7-17-5-3-16(2)4-6-17/h9H,3-8H2,1-2H3,(H2,13,14,15). The maximum Gasteiger partial charge on any atom is 0.223 e. The highest BCUT2D eigenvalue weighted by molar-refractivity contribution is 5.25. The first-order chi connectivity index (χ1) is 8.63. The summed E-state index contributed by atoms with van der Waals surface area (Å²) in [6, 6.07) is 1.81. The molecule has 2 heterocycles. The number of hydrogen-bond acceptors (Lipinski definition) is 6. The third-order valence-corrected chi connectivity index (χ3v) is 3.10. The van der Waals surface area contributed by atoms with E-state index in [1.54, 1.807) is 6.07 Å². The minimum absolute atomic E-state index is 0.268. The third kappa shape index (κ3) is 3.82. The van der Waals surface area contributed by atoms with Crippen LogP contribution in [0.1, 0.15) is 5.69 Å². The Morgan fingerprint density at radius 2 is 2.00 bits per heavy atom. The molecular formula is C12H21N5O. The van der Waals surface area contributed by atoms with E-state index in [1.807, 2.05) is 6.92 Å². The van der Waals surface area contributed by atoms with Gasteiger partial charge in [0.1, 0.15) is 6.61 Å². The smallest absolute Gasteiger partial charge is 0.223 e. The molecule has 6 nitrogen and oxygen atoms in total. The quantitative estimate of drug-likeness (QED) is 0.812. The molecule has 1 aliphatic heterocycles. The predicted molar refractivity (Wildman–Crippen MR) is 70.6 cm³/mol. The van der Waals surface area contributed by atoms with Crippen molar-refractivity contribution in [1.82, 2.24) is 19.8 Å². The van der Waals surface area contributed by atoms with Gasteiger partial charge >= 0.3 is 0 Å². The van der Waals surface area contributed by atoms with Crippen LogP contribution in [-0.2, 0) is 0 Å². The summed E-state index contributed by atoms with van der Waals surface area (Å²) in [5.41, 5.74) is 6.40.